The topological polar surface area (TPSA) is 36.0 Å². The highest BCUT2D eigenvalue weighted by molar-refractivity contribution is 6.30. The summed E-state index contributed by atoms with van der Waals surface area (Å²) in [5.41, 5.74) is 3.04. The molecule has 1 amide bonds. The number of amides is 1. The van der Waals surface area contributed by atoms with E-state index in [1.807, 2.05) is 35.2 Å². The molecule has 39 heavy (non-hydrogen) atoms. The highest BCUT2D eigenvalue weighted by atomic mass is 35.5. The van der Waals surface area contributed by atoms with Crippen LogP contribution < -0.4 is 4.74 Å². The smallest absolute Gasteiger partial charge is 0.227 e. The number of ether oxygens (including phenoxy) is 1. The average Bonchev–Trinajstić information content (AvgIpc) is 3.35. The second-order valence-electron chi connectivity index (χ2n) is 10.8. The molecule has 7 heteroatoms. The van der Waals surface area contributed by atoms with Gasteiger partial charge >= 0.3 is 0 Å². The fourth-order valence-electron chi connectivity index (χ4n) is 6.16. The number of hydrogen-bond acceptors (Lipinski definition) is 4. The summed E-state index contributed by atoms with van der Waals surface area (Å²) in [5, 5.41) is 0.741. The lowest BCUT2D eigenvalue weighted by Crippen LogP contribution is -2.45. The molecule has 0 aliphatic carbocycles. The molecule has 206 valence electrons. The molecule has 0 radical (unpaired) electrons. The molecule has 2 fully saturated rings. The van der Waals surface area contributed by atoms with Crippen molar-refractivity contribution < 1.29 is 13.9 Å². The Morgan fingerprint density at radius 2 is 1.77 bits per heavy atom. The quantitative estimate of drug-likeness (QED) is 0.378. The number of benzene rings is 3. The van der Waals surface area contributed by atoms with Gasteiger partial charge in [-0.1, -0.05) is 60.1 Å². The summed E-state index contributed by atoms with van der Waals surface area (Å²) in [6, 6.07) is 23.7. The Morgan fingerprint density at radius 3 is 2.49 bits per heavy atom. The summed E-state index contributed by atoms with van der Waals surface area (Å²) in [5.74, 6) is -0.202. The number of nitrogens with zero attached hydrogens (tertiary/aromatic N) is 3. The highest BCUT2D eigenvalue weighted by Gasteiger charge is 2.41. The van der Waals surface area contributed by atoms with Crippen LogP contribution >= 0.6 is 11.6 Å². The summed E-state index contributed by atoms with van der Waals surface area (Å²) in [6.45, 7) is 4.15. The number of likely N-dealkylation sites (tertiary alicyclic amines) is 1. The van der Waals surface area contributed by atoms with E-state index in [9.17, 15) is 4.79 Å². The maximum atomic E-state index is 15.3. The third kappa shape index (κ3) is 6.46. The summed E-state index contributed by atoms with van der Waals surface area (Å²) < 4.78 is 20.5. The SMILES string of the molecule is COc1ccc([C@@H]2CN(Cc3ccccc3)C[C@H]2C(=O)N2CCCC(c3ccc(Cl)cc3)N(C)CC2)c(F)c1. The monoisotopic (exact) mass is 549 g/mol. The second kappa shape index (κ2) is 12.5. The molecule has 2 saturated heterocycles. The first-order valence-electron chi connectivity index (χ1n) is 13.8. The second-order valence-corrected chi connectivity index (χ2v) is 11.2. The first-order chi connectivity index (χ1) is 18.9. The van der Waals surface area contributed by atoms with Crippen molar-refractivity contribution in [3.05, 3.63) is 100 Å². The van der Waals surface area contributed by atoms with Crippen molar-refractivity contribution in [1.29, 1.82) is 0 Å². The number of rotatable bonds is 6. The molecule has 0 N–H and O–H groups in total. The van der Waals surface area contributed by atoms with E-state index in [1.165, 1.54) is 24.3 Å². The summed E-state index contributed by atoms with van der Waals surface area (Å²) in [6.07, 6.45) is 1.87. The lowest BCUT2D eigenvalue weighted by molar-refractivity contribution is -0.136. The normalized spacial score (nSPS) is 22.9. The summed E-state index contributed by atoms with van der Waals surface area (Å²) >= 11 is 6.11. The van der Waals surface area contributed by atoms with Crippen molar-refractivity contribution in [1.82, 2.24) is 14.7 Å². The van der Waals surface area contributed by atoms with Crippen LogP contribution in [0.4, 0.5) is 4.39 Å². The van der Waals surface area contributed by atoms with E-state index >= 15 is 4.39 Å². The van der Waals surface area contributed by atoms with Crippen molar-refractivity contribution in [2.45, 2.75) is 31.3 Å². The zero-order valence-electron chi connectivity index (χ0n) is 22.7. The van der Waals surface area contributed by atoms with Gasteiger partial charge in [-0.15, -0.1) is 0 Å². The van der Waals surface area contributed by atoms with E-state index in [-0.39, 0.29) is 23.6 Å². The Bertz CT molecular complexity index is 1260. The maximum absolute atomic E-state index is 15.3. The van der Waals surface area contributed by atoms with Gasteiger partial charge in [0.25, 0.3) is 0 Å². The van der Waals surface area contributed by atoms with Crippen LogP contribution in [0.25, 0.3) is 0 Å². The lowest BCUT2D eigenvalue weighted by atomic mass is 9.87. The minimum atomic E-state index is -0.308. The minimum Gasteiger partial charge on any atom is -0.497 e. The van der Waals surface area contributed by atoms with E-state index < -0.39 is 0 Å². The van der Waals surface area contributed by atoms with Gasteiger partial charge in [0.05, 0.1) is 13.0 Å². The third-order valence-electron chi connectivity index (χ3n) is 8.30. The zero-order chi connectivity index (χ0) is 27.4. The van der Waals surface area contributed by atoms with Gasteiger partial charge in [-0.05, 0) is 54.8 Å². The van der Waals surface area contributed by atoms with E-state index in [2.05, 4.69) is 41.1 Å². The molecule has 2 aliphatic rings. The number of hydrogen-bond donors (Lipinski definition) is 0. The van der Waals surface area contributed by atoms with Gasteiger partial charge in [0.2, 0.25) is 5.91 Å². The Hall–Kier alpha value is -2.93. The molecule has 2 heterocycles. The molecule has 3 aromatic carbocycles. The van der Waals surface area contributed by atoms with Crippen LogP contribution in [0, 0.1) is 11.7 Å². The van der Waals surface area contributed by atoms with Gasteiger partial charge in [0.1, 0.15) is 11.6 Å². The van der Waals surface area contributed by atoms with Crippen molar-refractivity contribution in [2.24, 2.45) is 5.92 Å². The fourth-order valence-corrected chi connectivity index (χ4v) is 6.29. The van der Waals surface area contributed by atoms with Crippen LogP contribution in [-0.4, -0.2) is 67.5 Å². The van der Waals surface area contributed by atoms with Gasteiger partial charge in [0, 0.05) is 62.3 Å². The van der Waals surface area contributed by atoms with Crippen LogP contribution in [0.2, 0.25) is 5.02 Å². The molecule has 0 spiro atoms. The van der Waals surface area contributed by atoms with Crippen molar-refractivity contribution in [3.63, 3.8) is 0 Å². The predicted octanol–water partition coefficient (Wildman–Crippen LogP) is 6.00. The van der Waals surface area contributed by atoms with Crippen LogP contribution in [0.3, 0.4) is 0 Å². The van der Waals surface area contributed by atoms with Gasteiger partial charge in [-0.2, -0.15) is 0 Å². The van der Waals surface area contributed by atoms with E-state index in [0.29, 0.717) is 43.5 Å². The Balaban J connectivity index is 1.33. The Labute approximate surface area is 236 Å². The highest BCUT2D eigenvalue weighted by Crippen LogP contribution is 2.37. The van der Waals surface area contributed by atoms with Crippen molar-refractivity contribution >= 4 is 17.5 Å². The van der Waals surface area contributed by atoms with Crippen molar-refractivity contribution in [2.75, 3.05) is 46.9 Å². The van der Waals surface area contributed by atoms with Gasteiger partial charge < -0.3 is 9.64 Å². The largest absolute Gasteiger partial charge is 0.497 e. The molecule has 2 aliphatic heterocycles. The molecule has 1 unspecified atom stereocenters. The first kappa shape index (κ1) is 27.6. The van der Waals surface area contributed by atoms with Crippen LogP contribution in [-0.2, 0) is 11.3 Å². The molecule has 3 aromatic rings. The first-order valence-corrected chi connectivity index (χ1v) is 14.1. The average molecular weight is 550 g/mol. The molecule has 0 saturated carbocycles. The molecule has 5 rings (SSSR count). The number of methoxy groups -OCH3 is 1. The van der Waals surface area contributed by atoms with E-state index in [1.54, 1.807) is 12.1 Å². The lowest BCUT2D eigenvalue weighted by Gasteiger charge is -2.36. The molecular weight excluding hydrogens is 513 g/mol. The van der Waals surface area contributed by atoms with Crippen LogP contribution in [0.15, 0.2) is 72.8 Å². The summed E-state index contributed by atoms with van der Waals surface area (Å²) in [4.78, 5) is 20.7. The minimum absolute atomic E-state index is 0.129. The molecule has 3 atom stereocenters. The molecule has 0 bridgehead atoms. The molecule has 0 aromatic heterocycles. The van der Waals surface area contributed by atoms with E-state index in [0.717, 1.165) is 31.0 Å². The number of likely N-dealkylation sites (N-methyl/N-ethyl adjacent to an activating group) is 1. The predicted molar refractivity (Wildman–Crippen MR) is 154 cm³/mol. The van der Waals surface area contributed by atoms with Crippen molar-refractivity contribution in [3.8, 4) is 5.75 Å². The van der Waals surface area contributed by atoms with Crippen LogP contribution in [0.1, 0.15) is 41.5 Å². The number of halogens is 2. The Morgan fingerprint density at radius 1 is 1.00 bits per heavy atom. The van der Waals surface area contributed by atoms with Gasteiger partial charge in [-0.3, -0.25) is 14.6 Å². The van der Waals surface area contributed by atoms with E-state index in [4.69, 9.17) is 16.3 Å². The molecule has 5 nitrogen and oxygen atoms in total. The van der Waals surface area contributed by atoms with Gasteiger partial charge in [0.15, 0.2) is 0 Å². The van der Waals surface area contributed by atoms with Gasteiger partial charge in [-0.25, -0.2) is 4.39 Å². The van der Waals surface area contributed by atoms with Crippen LogP contribution in [0.5, 0.6) is 5.75 Å². The standard InChI is InChI=1S/C32H37ClFN3O2/c1-35-17-18-37(16-6-9-31(35)24-10-12-25(33)13-11-24)32(38)29-22-36(20-23-7-4-3-5-8-23)21-28(29)27-15-14-26(39-2)19-30(27)34/h3-5,7-8,10-15,19,28-29,31H,6,9,16-18,20-22H2,1-2H3/t28-,29+,31?/m0/s1. The maximum Gasteiger partial charge on any atom is 0.227 e. The summed E-state index contributed by atoms with van der Waals surface area (Å²) in [7, 11) is 3.66. The fraction of sp³-hybridized carbons (Fsp3) is 0.406. The molecular formula is C32H37ClFN3O2. The number of carbonyl (C=O) groups excluding carboxylic acids is 1. The number of carbonyl (C=O) groups is 1. The Kier molecular flexibility index (Phi) is 8.85. The zero-order valence-corrected chi connectivity index (χ0v) is 23.5. The third-order valence-corrected chi connectivity index (χ3v) is 8.55.